The molecule has 0 unspecified atom stereocenters. The third-order valence-corrected chi connectivity index (χ3v) is 4.41. The summed E-state index contributed by atoms with van der Waals surface area (Å²) in [7, 11) is 1.94. The Bertz CT molecular complexity index is 873. The fourth-order valence-electron chi connectivity index (χ4n) is 3.19. The van der Waals surface area contributed by atoms with Crippen LogP contribution in [0, 0.1) is 0 Å². The molecule has 0 spiro atoms. The molecule has 3 heterocycles. The highest BCUT2D eigenvalue weighted by atomic mass is 16.2. The van der Waals surface area contributed by atoms with E-state index in [1.165, 1.54) is 4.90 Å². The maximum absolute atomic E-state index is 12.5. The Balaban J connectivity index is 1.69. The van der Waals surface area contributed by atoms with Gasteiger partial charge in [0.2, 0.25) is 0 Å². The molecule has 2 amide bonds. The Morgan fingerprint density at radius 3 is 2.91 bits per heavy atom. The van der Waals surface area contributed by atoms with E-state index in [9.17, 15) is 9.59 Å². The minimum Gasteiger partial charge on any atom is -0.346 e. The van der Waals surface area contributed by atoms with Crippen LogP contribution in [0.25, 0.3) is 10.9 Å². The summed E-state index contributed by atoms with van der Waals surface area (Å²) >= 11 is 0. The van der Waals surface area contributed by atoms with Crippen LogP contribution in [-0.2, 0) is 23.2 Å². The number of rotatable bonds is 2. The number of hydrogen-bond acceptors (Lipinski definition) is 3. The van der Waals surface area contributed by atoms with Gasteiger partial charge in [-0.3, -0.25) is 19.5 Å². The van der Waals surface area contributed by atoms with Crippen molar-refractivity contribution in [2.75, 3.05) is 0 Å². The number of aromatic nitrogens is 2. The number of amides is 2. The Labute approximate surface area is 127 Å². The lowest BCUT2D eigenvalue weighted by Gasteiger charge is -2.15. The third kappa shape index (κ3) is 1.75. The summed E-state index contributed by atoms with van der Waals surface area (Å²) in [5.41, 5.74) is 3.19. The average Bonchev–Trinajstić information content (AvgIpc) is 2.99. The molecule has 1 aliphatic heterocycles. The summed E-state index contributed by atoms with van der Waals surface area (Å²) < 4.78 is 2.00. The van der Waals surface area contributed by atoms with Crippen molar-refractivity contribution in [1.29, 1.82) is 0 Å². The first-order valence-corrected chi connectivity index (χ1v) is 7.31. The lowest BCUT2D eigenvalue weighted by molar-refractivity contribution is -0.138. The van der Waals surface area contributed by atoms with E-state index in [1.54, 1.807) is 18.5 Å². The van der Waals surface area contributed by atoms with Crippen LogP contribution in [0.5, 0.6) is 0 Å². The lowest BCUT2D eigenvalue weighted by Crippen LogP contribution is -2.31. The van der Waals surface area contributed by atoms with Crippen molar-refractivity contribution < 1.29 is 9.59 Å². The number of pyridine rings is 1. The van der Waals surface area contributed by atoms with Gasteiger partial charge in [-0.1, -0.05) is 12.2 Å². The summed E-state index contributed by atoms with van der Waals surface area (Å²) in [4.78, 5) is 30.4. The molecule has 4 rings (SSSR count). The van der Waals surface area contributed by atoms with Crippen LogP contribution in [-0.4, -0.2) is 26.3 Å². The van der Waals surface area contributed by atoms with Crippen molar-refractivity contribution in [2.24, 2.45) is 7.05 Å². The zero-order valence-electron chi connectivity index (χ0n) is 12.2. The van der Waals surface area contributed by atoms with Crippen LogP contribution in [0.15, 0.2) is 47.8 Å². The van der Waals surface area contributed by atoms with Gasteiger partial charge in [0.1, 0.15) is 0 Å². The molecule has 1 aliphatic carbocycles. The van der Waals surface area contributed by atoms with Crippen LogP contribution < -0.4 is 0 Å². The van der Waals surface area contributed by atoms with Crippen LogP contribution in [0.4, 0.5) is 0 Å². The number of fused-ring (bicyclic) bond motifs is 1. The quantitative estimate of drug-likeness (QED) is 0.797. The van der Waals surface area contributed by atoms with E-state index in [0.717, 1.165) is 23.0 Å². The Morgan fingerprint density at radius 2 is 2.14 bits per heavy atom. The maximum Gasteiger partial charge on any atom is 0.261 e. The molecule has 110 valence electrons. The van der Waals surface area contributed by atoms with E-state index in [2.05, 4.69) is 4.98 Å². The molecule has 0 N–H and O–H groups in total. The van der Waals surface area contributed by atoms with E-state index in [4.69, 9.17) is 0 Å². The Kier molecular flexibility index (Phi) is 2.76. The molecule has 0 atom stereocenters. The molecule has 2 aromatic rings. The van der Waals surface area contributed by atoms with Gasteiger partial charge in [-0.2, -0.15) is 0 Å². The van der Waals surface area contributed by atoms with Gasteiger partial charge in [0.05, 0.1) is 12.1 Å². The number of allylic oxidation sites excluding steroid dienone is 1. The van der Waals surface area contributed by atoms with Crippen molar-refractivity contribution >= 4 is 22.7 Å². The predicted molar refractivity (Wildman–Crippen MR) is 81.7 cm³/mol. The van der Waals surface area contributed by atoms with Crippen molar-refractivity contribution in [3.63, 3.8) is 0 Å². The SMILES string of the molecule is Cn1c(CN2C(=O)C3=C(CCC=C3)C2=O)cc2cnccc21. The molecule has 0 bridgehead atoms. The molecule has 0 fully saturated rings. The first-order valence-electron chi connectivity index (χ1n) is 7.31. The summed E-state index contributed by atoms with van der Waals surface area (Å²) in [6.07, 6.45) is 8.75. The standard InChI is InChI=1S/C17H15N3O2/c1-19-12(8-11-9-18-7-6-15(11)19)10-20-16(21)13-4-2-3-5-14(13)17(20)22/h2,4,6-9H,3,5,10H2,1H3. The smallest absolute Gasteiger partial charge is 0.261 e. The van der Waals surface area contributed by atoms with Crippen LogP contribution in [0.2, 0.25) is 0 Å². The highest BCUT2D eigenvalue weighted by Crippen LogP contribution is 2.30. The fraction of sp³-hybridized carbons (Fsp3) is 0.235. The van der Waals surface area contributed by atoms with E-state index in [1.807, 2.05) is 29.8 Å². The summed E-state index contributed by atoms with van der Waals surface area (Å²) in [6.45, 7) is 0.295. The zero-order valence-corrected chi connectivity index (χ0v) is 12.2. The molecule has 2 aliphatic rings. The molecule has 0 saturated heterocycles. The van der Waals surface area contributed by atoms with Crippen LogP contribution in [0.1, 0.15) is 18.5 Å². The number of imide groups is 1. The summed E-state index contributed by atoms with van der Waals surface area (Å²) in [5, 5.41) is 1.01. The molecule has 5 nitrogen and oxygen atoms in total. The second-order valence-corrected chi connectivity index (χ2v) is 5.66. The molecule has 0 saturated carbocycles. The molecular weight excluding hydrogens is 278 g/mol. The second kappa shape index (κ2) is 4.66. The average molecular weight is 293 g/mol. The Hall–Kier alpha value is -2.69. The first kappa shape index (κ1) is 13.0. The van der Waals surface area contributed by atoms with Gasteiger partial charge in [-0.25, -0.2) is 0 Å². The highest BCUT2D eigenvalue weighted by Gasteiger charge is 2.37. The van der Waals surface area contributed by atoms with Crippen LogP contribution in [0.3, 0.4) is 0 Å². The van der Waals surface area contributed by atoms with Gasteiger partial charge in [0, 0.05) is 41.7 Å². The van der Waals surface area contributed by atoms with Gasteiger partial charge in [0.15, 0.2) is 0 Å². The van der Waals surface area contributed by atoms with Gasteiger partial charge >= 0.3 is 0 Å². The van der Waals surface area contributed by atoms with Crippen molar-refractivity contribution in [2.45, 2.75) is 19.4 Å². The van der Waals surface area contributed by atoms with E-state index < -0.39 is 0 Å². The highest BCUT2D eigenvalue weighted by molar-refractivity contribution is 6.20. The Morgan fingerprint density at radius 1 is 1.27 bits per heavy atom. The zero-order chi connectivity index (χ0) is 15.3. The topological polar surface area (TPSA) is 55.2 Å². The van der Waals surface area contributed by atoms with Gasteiger partial charge in [-0.05, 0) is 25.0 Å². The molecular formula is C17H15N3O2. The number of aryl methyl sites for hydroxylation is 1. The third-order valence-electron chi connectivity index (χ3n) is 4.41. The van der Waals surface area contributed by atoms with E-state index >= 15 is 0 Å². The largest absolute Gasteiger partial charge is 0.346 e. The summed E-state index contributed by atoms with van der Waals surface area (Å²) in [5.74, 6) is -0.327. The molecule has 0 radical (unpaired) electrons. The van der Waals surface area contributed by atoms with Crippen LogP contribution >= 0.6 is 0 Å². The maximum atomic E-state index is 12.5. The van der Waals surface area contributed by atoms with E-state index in [0.29, 0.717) is 24.1 Å². The molecule has 5 heteroatoms. The first-order chi connectivity index (χ1) is 10.7. The van der Waals surface area contributed by atoms with Gasteiger partial charge < -0.3 is 4.57 Å². The normalized spacial score (nSPS) is 17.8. The summed E-state index contributed by atoms with van der Waals surface area (Å²) in [6, 6.07) is 3.91. The van der Waals surface area contributed by atoms with Gasteiger partial charge in [0.25, 0.3) is 11.8 Å². The van der Waals surface area contributed by atoms with Crippen molar-refractivity contribution in [3.05, 3.63) is 53.5 Å². The fourth-order valence-corrected chi connectivity index (χ4v) is 3.19. The monoisotopic (exact) mass is 293 g/mol. The van der Waals surface area contributed by atoms with E-state index in [-0.39, 0.29) is 11.8 Å². The van der Waals surface area contributed by atoms with Crippen molar-refractivity contribution in [1.82, 2.24) is 14.5 Å². The molecule has 22 heavy (non-hydrogen) atoms. The van der Waals surface area contributed by atoms with Gasteiger partial charge in [-0.15, -0.1) is 0 Å². The molecule has 0 aromatic carbocycles. The minimum absolute atomic E-state index is 0.146. The number of carbonyl (C=O) groups is 2. The number of nitrogens with zero attached hydrogens (tertiary/aromatic N) is 3. The number of hydrogen-bond donors (Lipinski definition) is 0. The predicted octanol–water partition coefficient (Wildman–Crippen LogP) is 2.09. The minimum atomic E-state index is -0.181. The lowest BCUT2D eigenvalue weighted by atomic mass is 10.00. The second-order valence-electron chi connectivity index (χ2n) is 5.66. The number of carbonyl (C=O) groups excluding carboxylic acids is 2. The van der Waals surface area contributed by atoms with Crippen molar-refractivity contribution in [3.8, 4) is 0 Å². The molecule has 2 aromatic heterocycles.